The maximum Gasteiger partial charge on any atom is 0.293 e. The normalized spacial score (nSPS) is 18.0. The van der Waals surface area contributed by atoms with Crippen LogP contribution in [-0.2, 0) is 4.74 Å². The monoisotopic (exact) mass is 146 g/mol. The first-order valence-electron chi connectivity index (χ1n) is 2.25. The van der Waals surface area contributed by atoms with Crippen molar-refractivity contribution in [2.75, 3.05) is 0 Å². The lowest BCUT2D eigenvalue weighted by atomic mass is 10.7. The third kappa shape index (κ3) is 4.20. The molecule has 1 nitrogen and oxygen atoms in total. The van der Waals surface area contributed by atoms with Crippen LogP contribution in [-0.4, -0.2) is 19.1 Å². The van der Waals surface area contributed by atoms with Crippen molar-refractivity contribution in [1.82, 2.24) is 0 Å². The van der Waals surface area contributed by atoms with Crippen LogP contribution in [0.15, 0.2) is 0 Å². The van der Waals surface area contributed by atoms with Gasteiger partial charge >= 0.3 is 0 Å². The highest BCUT2D eigenvalue weighted by Crippen LogP contribution is 2.09. The van der Waals surface area contributed by atoms with Crippen molar-refractivity contribution in [3.05, 3.63) is 0 Å². The molecule has 0 rings (SSSR count). The Morgan fingerprint density at radius 2 is 1.56 bits per heavy atom. The van der Waals surface area contributed by atoms with Gasteiger partial charge in [0.2, 0.25) is 0 Å². The van der Waals surface area contributed by atoms with Crippen LogP contribution in [0.4, 0.5) is 17.6 Å². The summed E-state index contributed by atoms with van der Waals surface area (Å²) in [5.41, 5.74) is 0. The summed E-state index contributed by atoms with van der Waals surface area (Å²) in [4.78, 5) is 0. The second-order valence-electron chi connectivity index (χ2n) is 1.36. The van der Waals surface area contributed by atoms with Crippen molar-refractivity contribution in [3.63, 3.8) is 0 Å². The minimum Gasteiger partial charge on any atom is -0.309 e. The Morgan fingerprint density at radius 1 is 1.11 bits per heavy atom. The molecule has 0 radical (unpaired) electrons. The summed E-state index contributed by atoms with van der Waals surface area (Å²) in [5, 5.41) is 0. The third-order valence-corrected chi connectivity index (χ3v) is 0.516. The number of rotatable bonds is 3. The highest BCUT2D eigenvalue weighted by atomic mass is 19.3. The van der Waals surface area contributed by atoms with Gasteiger partial charge in [-0.2, -0.15) is 0 Å². The molecular formula is C4H6F4O. The Morgan fingerprint density at radius 3 is 1.67 bits per heavy atom. The summed E-state index contributed by atoms with van der Waals surface area (Å²) in [6, 6.07) is 0. The number of hydrogen-bond acceptors (Lipinski definition) is 1. The van der Waals surface area contributed by atoms with E-state index >= 15 is 0 Å². The molecule has 0 saturated carbocycles. The molecule has 0 aliphatic rings. The van der Waals surface area contributed by atoms with Crippen molar-refractivity contribution < 1.29 is 22.3 Å². The van der Waals surface area contributed by atoms with Gasteiger partial charge in [-0.15, -0.1) is 0 Å². The van der Waals surface area contributed by atoms with E-state index in [-0.39, 0.29) is 0 Å². The third-order valence-electron chi connectivity index (χ3n) is 0.516. The van der Waals surface area contributed by atoms with E-state index in [0.29, 0.717) is 0 Å². The lowest BCUT2D eigenvalue weighted by Crippen LogP contribution is -2.19. The maximum absolute atomic E-state index is 11.6. The summed E-state index contributed by atoms with van der Waals surface area (Å²) in [5.74, 6) is 0. The van der Waals surface area contributed by atoms with Gasteiger partial charge < -0.3 is 4.74 Å². The van der Waals surface area contributed by atoms with Crippen LogP contribution in [0, 0.1) is 0 Å². The van der Waals surface area contributed by atoms with Crippen molar-refractivity contribution in [3.8, 4) is 0 Å². The second-order valence-corrected chi connectivity index (χ2v) is 1.36. The van der Waals surface area contributed by atoms with Crippen LogP contribution in [0.5, 0.6) is 0 Å². The van der Waals surface area contributed by atoms with Gasteiger partial charge in [-0.1, -0.05) is 0 Å². The number of alkyl halides is 4. The molecule has 0 aromatic rings. The van der Waals surface area contributed by atoms with Gasteiger partial charge in [-0.3, -0.25) is 0 Å². The molecule has 0 fully saturated rings. The molecule has 56 valence electrons. The Balaban J connectivity index is 3.38. The minimum atomic E-state index is -3.27. The highest BCUT2D eigenvalue weighted by molar-refractivity contribution is 4.42. The molecule has 0 spiro atoms. The van der Waals surface area contributed by atoms with Crippen molar-refractivity contribution in [2.24, 2.45) is 0 Å². The maximum atomic E-state index is 11.6. The fourth-order valence-corrected chi connectivity index (χ4v) is 0.239. The first-order chi connectivity index (χ1) is 4.04. The van der Waals surface area contributed by atoms with Crippen LogP contribution in [0.3, 0.4) is 0 Å². The van der Waals surface area contributed by atoms with Crippen molar-refractivity contribution in [1.29, 1.82) is 0 Å². The fourth-order valence-electron chi connectivity index (χ4n) is 0.239. The first kappa shape index (κ1) is 8.68. The average molecular weight is 146 g/mol. The van der Waals surface area contributed by atoms with E-state index in [2.05, 4.69) is 4.74 Å². The first-order valence-corrected chi connectivity index (χ1v) is 2.25. The van der Waals surface area contributed by atoms with Crippen LogP contribution in [0.25, 0.3) is 0 Å². The Labute approximate surface area is 49.6 Å². The summed E-state index contributed by atoms with van der Waals surface area (Å²) < 4.78 is 48.8. The highest BCUT2D eigenvalue weighted by Gasteiger charge is 2.21. The quantitative estimate of drug-likeness (QED) is 0.552. The average Bonchev–Trinajstić information content (AvgIpc) is 1.63. The number of halogens is 4. The summed E-state index contributed by atoms with van der Waals surface area (Å²) in [7, 11) is 0. The van der Waals surface area contributed by atoms with E-state index in [4.69, 9.17) is 0 Å². The zero-order valence-corrected chi connectivity index (χ0v) is 4.65. The molecule has 0 bridgehead atoms. The van der Waals surface area contributed by atoms with E-state index in [1.54, 1.807) is 0 Å². The molecule has 0 aliphatic carbocycles. The molecule has 0 N–H and O–H groups in total. The van der Waals surface area contributed by atoms with E-state index in [0.717, 1.165) is 6.92 Å². The molecule has 0 aromatic heterocycles. The SMILES string of the molecule is CC(F)OC(F)C(F)F. The number of hydrogen-bond donors (Lipinski definition) is 0. The molecule has 9 heavy (non-hydrogen) atoms. The predicted molar refractivity (Wildman–Crippen MR) is 22.6 cm³/mol. The fraction of sp³-hybridized carbons (Fsp3) is 1.00. The molecular weight excluding hydrogens is 140 g/mol. The van der Waals surface area contributed by atoms with Crippen molar-refractivity contribution >= 4 is 0 Å². The van der Waals surface area contributed by atoms with Crippen LogP contribution in [0.2, 0.25) is 0 Å². The zero-order chi connectivity index (χ0) is 7.44. The minimum absolute atomic E-state index is 0.828. The van der Waals surface area contributed by atoms with Gasteiger partial charge in [-0.25, -0.2) is 17.6 Å². The van der Waals surface area contributed by atoms with Crippen LogP contribution in [0.1, 0.15) is 6.92 Å². The van der Waals surface area contributed by atoms with Gasteiger partial charge in [0, 0.05) is 0 Å². The molecule has 2 unspecified atom stereocenters. The van der Waals surface area contributed by atoms with E-state index in [1.165, 1.54) is 0 Å². The molecule has 0 heterocycles. The van der Waals surface area contributed by atoms with Gasteiger partial charge in [0.05, 0.1) is 0 Å². The van der Waals surface area contributed by atoms with Gasteiger partial charge in [0.25, 0.3) is 12.8 Å². The second kappa shape index (κ2) is 3.66. The van der Waals surface area contributed by atoms with Crippen LogP contribution < -0.4 is 0 Å². The molecule has 2 atom stereocenters. The van der Waals surface area contributed by atoms with Gasteiger partial charge in [0.15, 0.2) is 6.36 Å². The van der Waals surface area contributed by atoms with E-state index in [9.17, 15) is 17.6 Å². The standard InChI is InChI=1S/C4H6F4O/c1-2(5)9-4(8)3(6)7/h2-4H,1H3. The van der Waals surface area contributed by atoms with Crippen molar-refractivity contribution in [2.45, 2.75) is 26.1 Å². The number of ether oxygens (including phenoxy) is 1. The summed E-state index contributed by atoms with van der Waals surface area (Å²) >= 11 is 0. The predicted octanol–water partition coefficient (Wildman–Crippen LogP) is 1.88. The van der Waals surface area contributed by atoms with E-state index < -0.39 is 19.1 Å². The Kier molecular flexibility index (Phi) is 3.53. The van der Waals surface area contributed by atoms with E-state index in [1.807, 2.05) is 0 Å². The lowest BCUT2D eigenvalue weighted by Gasteiger charge is -2.07. The summed E-state index contributed by atoms with van der Waals surface area (Å²) in [6.45, 7) is 0.828. The summed E-state index contributed by atoms with van der Waals surface area (Å²) in [6.07, 6.45) is -8.08. The molecule has 0 saturated heterocycles. The molecule has 0 aliphatic heterocycles. The Hall–Kier alpha value is -0.320. The molecule has 0 amide bonds. The molecule has 5 heteroatoms. The van der Waals surface area contributed by atoms with Crippen LogP contribution >= 0.6 is 0 Å². The van der Waals surface area contributed by atoms with Gasteiger partial charge in [0.1, 0.15) is 0 Å². The topological polar surface area (TPSA) is 9.23 Å². The lowest BCUT2D eigenvalue weighted by molar-refractivity contribution is -0.185. The zero-order valence-electron chi connectivity index (χ0n) is 4.65. The largest absolute Gasteiger partial charge is 0.309 e. The smallest absolute Gasteiger partial charge is 0.293 e. The molecule has 0 aromatic carbocycles. The van der Waals surface area contributed by atoms with Gasteiger partial charge in [-0.05, 0) is 6.92 Å². The Bertz CT molecular complexity index is 75.0.